The number of alkyl halides is 1. The first kappa shape index (κ1) is 28.8. The van der Waals surface area contributed by atoms with Gasteiger partial charge in [0.1, 0.15) is 29.7 Å². The molecule has 0 aliphatic carbocycles. The van der Waals surface area contributed by atoms with E-state index in [-0.39, 0.29) is 24.3 Å². The number of aliphatic hydroxyl groups is 1. The maximum absolute atomic E-state index is 14.9. The number of halogens is 3. The average Bonchev–Trinajstić information content (AvgIpc) is 3.50. The first-order valence-corrected chi connectivity index (χ1v) is 13.4. The lowest BCUT2D eigenvalue weighted by Crippen LogP contribution is -2.49. The van der Waals surface area contributed by atoms with Crippen molar-refractivity contribution in [2.24, 2.45) is 11.3 Å². The smallest absolute Gasteiger partial charge is 0.251 e. The molecule has 1 aromatic heterocycles. The van der Waals surface area contributed by atoms with Gasteiger partial charge in [-0.15, -0.1) is 0 Å². The number of imidazole rings is 1. The number of carbonyl (C=O) groups is 1. The minimum Gasteiger partial charge on any atom is -0.384 e. The van der Waals surface area contributed by atoms with Crippen molar-refractivity contribution >= 4 is 5.91 Å². The number of amides is 1. The van der Waals surface area contributed by atoms with Crippen LogP contribution in [0, 0.1) is 23.0 Å². The number of hydrogen-bond acceptors (Lipinski definition) is 4. The lowest BCUT2D eigenvalue weighted by atomic mass is 9.79. The third-order valence-electron chi connectivity index (χ3n) is 7.74. The molecular weight excluding hydrogens is 505 g/mol. The molecule has 39 heavy (non-hydrogen) atoms. The van der Waals surface area contributed by atoms with Gasteiger partial charge >= 0.3 is 0 Å². The van der Waals surface area contributed by atoms with Crippen molar-refractivity contribution in [1.29, 1.82) is 0 Å². The molecule has 6 nitrogen and oxygen atoms in total. The van der Waals surface area contributed by atoms with Crippen LogP contribution in [0.2, 0.25) is 0 Å². The van der Waals surface area contributed by atoms with Gasteiger partial charge in [0, 0.05) is 43.9 Å². The SMILES string of the molecule is CCC(C)(C)[C@H](c1nc(-c2cc(F)ccc2F)cn1Cc1ccccc1)N(C[C@@H]1CNC[C@@H]1F)C(=O)[C@H](C)O. The highest BCUT2D eigenvalue weighted by Crippen LogP contribution is 2.43. The van der Waals surface area contributed by atoms with Gasteiger partial charge in [-0.05, 0) is 42.5 Å². The Bertz CT molecular complexity index is 1280. The molecule has 1 aliphatic rings. The zero-order valence-electron chi connectivity index (χ0n) is 22.9. The fraction of sp³-hybridized carbons (Fsp3) is 0.467. The number of nitrogens with zero attached hydrogens (tertiary/aromatic N) is 3. The number of hydrogen-bond donors (Lipinski definition) is 2. The molecule has 0 saturated carbocycles. The van der Waals surface area contributed by atoms with Crippen LogP contribution in [0.1, 0.15) is 51.5 Å². The van der Waals surface area contributed by atoms with Crippen LogP contribution in [0.5, 0.6) is 0 Å². The summed E-state index contributed by atoms with van der Waals surface area (Å²) < 4.78 is 45.6. The van der Waals surface area contributed by atoms with Crippen LogP contribution in [-0.4, -0.2) is 57.4 Å². The van der Waals surface area contributed by atoms with Gasteiger partial charge in [0.05, 0.1) is 11.7 Å². The summed E-state index contributed by atoms with van der Waals surface area (Å²) in [7, 11) is 0. The Hall–Kier alpha value is -3.17. The third-order valence-corrected chi connectivity index (χ3v) is 7.74. The van der Waals surface area contributed by atoms with Gasteiger partial charge in [-0.2, -0.15) is 0 Å². The molecule has 9 heteroatoms. The van der Waals surface area contributed by atoms with E-state index in [4.69, 9.17) is 4.98 Å². The van der Waals surface area contributed by atoms with Gasteiger partial charge in [-0.3, -0.25) is 4.79 Å². The number of nitrogens with one attached hydrogen (secondary N) is 1. The number of benzene rings is 2. The molecule has 3 aromatic rings. The van der Waals surface area contributed by atoms with Crippen LogP contribution in [-0.2, 0) is 11.3 Å². The van der Waals surface area contributed by atoms with Crippen molar-refractivity contribution in [3.05, 3.63) is 77.8 Å². The minimum absolute atomic E-state index is 0.00772. The van der Waals surface area contributed by atoms with Crippen molar-refractivity contribution in [1.82, 2.24) is 19.8 Å². The average molecular weight is 543 g/mol. The Morgan fingerprint density at radius 1 is 1.21 bits per heavy atom. The van der Waals surface area contributed by atoms with Gasteiger partial charge in [0.15, 0.2) is 0 Å². The van der Waals surface area contributed by atoms with E-state index in [9.17, 15) is 23.1 Å². The number of aliphatic hydroxyl groups excluding tert-OH is 1. The first-order valence-electron chi connectivity index (χ1n) is 13.4. The molecule has 2 N–H and O–H groups in total. The summed E-state index contributed by atoms with van der Waals surface area (Å²) in [5.74, 6) is -1.74. The van der Waals surface area contributed by atoms with Crippen LogP contribution in [0.4, 0.5) is 13.2 Å². The predicted molar refractivity (Wildman–Crippen MR) is 145 cm³/mol. The van der Waals surface area contributed by atoms with Crippen molar-refractivity contribution in [3.63, 3.8) is 0 Å². The normalized spacial score (nSPS) is 19.2. The van der Waals surface area contributed by atoms with Crippen molar-refractivity contribution in [2.45, 2.75) is 59.0 Å². The first-order chi connectivity index (χ1) is 18.5. The summed E-state index contributed by atoms with van der Waals surface area (Å²) in [5, 5.41) is 13.4. The molecule has 1 fully saturated rings. The Kier molecular flexibility index (Phi) is 8.81. The topological polar surface area (TPSA) is 70.4 Å². The summed E-state index contributed by atoms with van der Waals surface area (Å²) in [4.78, 5) is 19.9. The molecular formula is C30H37F3N4O2. The molecule has 1 aliphatic heterocycles. The maximum Gasteiger partial charge on any atom is 0.251 e. The van der Waals surface area contributed by atoms with Gasteiger partial charge in [-0.25, -0.2) is 18.2 Å². The number of aromatic nitrogens is 2. The lowest BCUT2D eigenvalue weighted by molar-refractivity contribution is -0.146. The van der Waals surface area contributed by atoms with Gasteiger partial charge in [-0.1, -0.05) is 51.1 Å². The van der Waals surface area contributed by atoms with Crippen LogP contribution >= 0.6 is 0 Å². The Morgan fingerprint density at radius 2 is 1.92 bits per heavy atom. The van der Waals surface area contributed by atoms with E-state index in [2.05, 4.69) is 5.32 Å². The van der Waals surface area contributed by atoms with Crippen LogP contribution in [0.15, 0.2) is 54.7 Å². The van der Waals surface area contributed by atoms with E-state index in [1.165, 1.54) is 11.8 Å². The molecule has 2 aromatic carbocycles. The van der Waals surface area contributed by atoms with E-state index in [1.807, 2.05) is 55.7 Å². The second-order valence-electron chi connectivity index (χ2n) is 11.1. The molecule has 0 radical (unpaired) electrons. The number of rotatable bonds is 10. The second kappa shape index (κ2) is 11.9. The summed E-state index contributed by atoms with van der Waals surface area (Å²) in [6, 6.07) is 12.1. The zero-order valence-corrected chi connectivity index (χ0v) is 22.9. The Balaban J connectivity index is 1.91. The van der Waals surface area contributed by atoms with Crippen molar-refractivity contribution in [2.75, 3.05) is 19.6 Å². The fourth-order valence-electron chi connectivity index (χ4n) is 5.18. The van der Waals surface area contributed by atoms with E-state index in [0.29, 0.717) is 25.3 Å². The number of carbonyl (C=O) groups excluding carboxylic acids is 1. The van der Waals surface area contributed by atoms with Crippen molar-refractivity contribution < 1.29 is 23.1 Å². The van der Waals surface area contributed by atoms with Gasteiger partial charge < -0.3 is 19.9 Å². The maximum atomic E-state index is 14.9. The standard InChI is InChI=1S/C30H37F3N4O2/c1-5-30(3,4)27(37(29(39)19(2)38)17-21-14-34-15-25(21)33)28-35-26(23-13-22(31)11-12-24(23)32)18-36(28)16-20-9-7-6-8-10-20/h6-13,18-19,21,25,27,34,38H,5,14-17H2,1-4H3/t19-,21-,25-,27-/m0/s1. The Labute approximate surface area is 227 Å². The molecule has 210 valence electrons. The molecule has 0 bridgehead atoms. The van der Waals surface area contributed by atoms with E-state index in [1.54, 1.807) is 6.20 Å². The largest absolute Gasteiger partial charge is 0.384 e. The lowest BCUT2D eigenvalue weighted by Gasteiger charge is -2.43. The molecule has 4 atom stereocenters. The minimum atomic E-state index is -1.31. The second-order valence-corrected chi connectivity index (χ2v) is 11.1. The molecule has 0 spiro atoms. The third kappa shape index (κ3) is 6.36. The fourth-order valence-corrected chi connectivity index (χ4v) is 5.18. The van der Waals surface area contributed by atoms with Gasteiger partial charge in [0.2, 0.25) is 0 Å². The van der Waals surface area contributed by atoms with Crippen LogP contribution < -0.4 is 5.32 Å². The monoisotopic (exact) mass is 542 g/mol. The molecule has 2 heterocycles. The highest BCUT2D eigenvalue weighted by molar-refractivity contribution is 5.80. The highest BCUT2D eigenvalue weighted by atomic mass is 19.1. The molecule has 4 rings (SSSR count). The molecule has 0 unspecified atom stereocenters. The van der Waals surface area contributed by atoms with Crippen LogP contribution in [0.25, 0.3) is 11.3 Å². The highest BCUT2D eigenvalue weighted by Gasteiger charge is 2.43. The predicted octanol–water partition coefficient (Wildman–Crippen LogP) is 5.12. The summed E-state index contributed by atoms with van der Waals surface area (Å²) >= 11 is 0. The molecule has 1 amide bonds. The van der Waals surface area contributed by atoms with Gasteiger partial charge in [0.25, 0.3) is 5.91 Å². The van der Waals surface area contributed by atoms with E-state index < -0.39 is 47.2 Å². The van der Waals surface area contributed by atoms with Crippen molar-refractivity contribution in [3.8, 4) is 11.3 Å². The van der Waals surface area contributed by atoms with Crippen LogP contribution in [0.3, 0.4) is 0 Å². The quantitative estimate of drug-likeness (QED) is 0.373. The van der Waals surface area contributed by atoms with E-state index in [0.717, 1.165) is 23.8 Å². The zero-order chi connectivity index (χ0) is 28.3. The summed E-state index contributed by atoms with van der Waals surface area (Å²) in [6.07, 6.45) is -0.157. The summed E-state index contributed by atoms with van der Waals surface area (Å²) in [5.41, 5.74) is 0.617. The van der Waals surface area contributed by atoms with E-state index >= 15 is 0 Å². The molecule has 1 saturated heterocycles. The Morgan fingerprint density at radius 3 is 2.54 bits per heavy atom. The summed E-state index contributed by atoms with van der Waals surface area (Å²) in [6.45, 7) is 8.42.